The molecule has 4 heteroatoms. The van der Waals surface area contributed by atoms with Crippen LogP contribution in [0.5, 0.6) is 0 Å². The van der Waals surface area contributed by atoms with E-state index in [2.05, 4.69) is 0 Å². The summed E-state index contributed by atoms with van der Waals surface area (Å²) in [6, 6.07) is 3.99. The Morgan fingerprint density at radius 1 is 1.35 bits per heavy atom. The Bertz CT molecular complexity index is 483. The van der Waals surface area contributed by atoms with Crippen LogP contribution in [0.3, 0.4) is 0 Å². The van der Waals surface area contributed by atoms with E-state index in [1.807, 2.05) is 6.92 Å². The summed E-state index contributed by atoms with van der Waals surface area (Å²) < 4.78 is 13.4. The first-order valence-corrected chi connectivity index (χ1v) is 7.28. The predicted molar refractivity (Wildman–Crippen MR) is 76.9 cm³/mol. The third-order valence-corrected chi connectivity index (χ3v) is 4.57. The molecular weight excluding hydrogens is 257 g/mol. The molecule has 2 unspecified atom stereocenters. The number of carboxylic acid groups (broad SMARTS) is 1. The number of carboxylic acids is 1. The number of hydrogen-bond donors (Lipinski definition) is 2. The summed E-state index contributed by atoms with van der Waals surface area (Å²) in [5, 5.41) is 9.57. The number of anilines is 1. The van der Waals surface area contributed by atoms with Gasteiger partial charge in [-0.1, -0.05) is 39.0 Å². The fourth-order valence-electron chi connectivity index (χ4n) is 3.39. The molecule has 2 atom stereocenters. The molecule has 2 rings (SSSR count). The highest BCUT2D eigenvalue weighted by Crippen LogP contribution is 2.39. The van der Waals surface area contributed by atoms with E-state index in [9.17, 15) is 14.3 Å². The monoisotopic (exact) mass is 279 g/mol. The summed E-state index contributed by atoms with van der Waals surface area (Å²) in [6.07, 6.45) is 5.64. The van der Waals surface area contributed by atoms with Gasteiger partial charge in [0.25, 0.3) is 0 Å². The van der Waals surface area contributed by atoms with Crippen molar-refractivity contribution >= 4 is 11.7 Å². The lowest BCUT2D eigenvalue weighted by Crippen LogP contribution is -2.28. The van der Waals surface area contributed by atoms with Crippen molar-refractivity contribution in [2.75, 3.05) is 5.73 Å². The molecule has 0 aliphatic heterocycles. The van der Waals surface area contributed by atoms with Crippen LogP contribution in [0.1, 0.15) is 50.5 Å². The molecule has 1 aromatic rings. The molecule has 1 saturated carbocycles. The first-order chi connectivity index (χ1) is 9.50. The Hall–Kier alpha value is -1.58. The Labute approximate surface area is 119 Å². The number of halogens is 1. The van der Waals surface area contributed by atoms with Crippen molar-refractivity contribution in [2.24, 2.45) is 11.8 Å². The second-order valence-corrected chi connectivity index (χ2v) is 5.85. The van der Waals surface area contributed by atoms with E-state index in [1.54, 1.807) is 0 Å². The minimum absolute atomic E-state index is 0.0306. The third kappa shape index (κ3) is 3.11. The molecule has 20 heavy (non-hydrogen) atoms. The lowest BCUT2D eigenvalue weighted by Gasteiger charge is -2.32. The zero-order chi connectivity index (χ0) is 14.7. The van der Waals surface area contributed by atoms with E-state index < -0.39 is 17.7 Å². The minimum Gasteiger partial charge on any atom is -0.481 e. The average molecular weight is 279 g/mol. The number of aliphatic carboxylic acids is 1. The van der Waals surface area contributed by atoms with Crippen molar-refractivity contribution < 1.29 is 14.3 Å². The van der Waals surface area contributed by atoms with Gasteiger partial charge in [-0.25, -0.2) is 4.39 Å². The highest BCUT2D eigenvalue weighted by atomic mass is 19.1. The summed E-state index contributed by atoms with van der Waals surface area (Å²) in [7, 11) is 0. The summed E-state index contributed by atoms with van der Waals surface area (Å²) in [5.74, 6) is -1.73. The van der Waals surface area contributed by atoms with Gasteiger partial charge in [0.1, 0.15) is 5.82 Å². The molecule has 0 amide bonds. The number of nitrogens with two attached hydrogens (primary N) is 1. The fraction of sp³-hybridized carbons (Fsp3) is 0.562. The molecule has 0 spiro atoms. The van der Waals surface area contributed by atoms with Crippen LogP contribution in [0, 0.1) is 17.7 Å². The molecule has 3 N–H and O–H groups in total. The largest absolute Gasteiger partial charge is 0.481 e. The Balaban J connectivity index is 2.30. The van der Waals surface area contributed by atoms with E-state index in [0.29, 0.717) is 17.2 Å². The number of rotatable bonds is 4. The van der Waals surface area contributed by atoms with Gasteiger partial charge in [-0.3, -0.25) is 4.79 Å². The van der Waals surface area contributed by atoms with E-state index in [1.165, 1.54) is 24.6 Å². The van der Waals surface area contributed by atoms with Gasteiger partial charge >= 0.3 is 5.97 Å². The highest BCUT2D eigenvalue weighted by Gasteiger charge is 2.34. The zero-order valence-electron chi connectivity index (χ0n) is 11.8. The van der Waals surface area contributed by atoms with Crippen molar-refractivity contribution in [3.8, 4) is 0 Å². The van der Waals surface area contributed by atoms with Crippen LogP contribution in [0.4, 0.5) is 10.1 Å². The van der Waals surface area contributed by atoms with Crippen LogP contribution in [0.15, 0.2) is 18.2 Å². The molecule has 0 aromatic heterocycles. The van der Waals surface area contributed by atoms with Crippen molar-refractivity contribution in [3.63, 3.8) is 0 Å². The summed E-state index contributed by atoms with van der Waals surface area (Å²) >= 11 is 0. The van der Waals surface area contributed by atoms with Crippen LogP contribution in [-0.4, -0.2) is 11.1 Å². The second kappa shape index (κ2) is 6.25. The molecule has 1 fully saturated rings. The third-order valence-electron chi connectivity index (χ3n) is 4.57. The predicted octanol–water partition coefficient (Wildman–Crippen LogP) is 3.79. The Morgan fingerprint density at radius 3 is 2.60 bits per heavy atom. The van der Waals surface area contributed by atoms with E-state index in [4.69, 9.17) is 5.73 Å². The molecule has 0 saturated heterocycles. The molecule has 0 heterocycles. The molecule has 1 aromatic carbocycles. The fourth-order valence-corrected chi connectivity index (χ4v) is 3.39. The Morgan fingerprint density at radius 2 is 2.00 bits per heavy atom. The van der Waals surface area contributed by atoms with Gasteiger partial charge in [0, 0.05) is 5.69 Å². The van der Waals surface area contributed by atoms with Crippen molar-refractivity contribution in [1.82, 2.24) is 0 Å². The van der Waals surface area contributed by atoms with Crippen LogP contribution in [-0.2, 0) is 4.79 Å². The molecular formula is C16H22FNO2. The zero-order valence-corrected chi connectivity index (χ0v) is 11.8. The van der Waals surface area contributed by atoms with E-state index in [-0.39, 0.29) is 5.92 Å². The normalized spacial score (nSPS) is 19.5. The van der Waals surface area contributed by atoms with Crippen LogP contribution in [0.2, 0.25) is 0 Å². The highest BCUT2D eigenvalue weighted by molar-refractivity contribution is 5.79. The summed E-state index contributed by atoms with van der Waals surface area (Å²) in [4.78, 5) is 11.7. The lowest BCUT2D eigenvalue weighted by atomic mass is 9.72. The first-order valence-electron chi connectivity index (χ1n) is 7.28. The average Bonchev–Trinajstić information content (AvgIpc) is 2.43. The standard InChI is InChI=1S/C16H22FNO2/c1-10(11-5-3-2-4-6-11)15(16(19)20)13-9-12(17)7-8-14(13)18/h7-11,15H,2-6,18H2,1H3,(H,19,20). The van der Waals surface area contributed by atoms with Crippen molar-refractivity contribution in [2.45, 2.75) is 44.9 Å². The second-order valence-electron chi connectivity index (χ2n) is 5.85. The molecule has 1 aliphatic carbocycles. The van der Waals surface area contributed by atoms with Gasteiger partial charge in [0.2, 0.25) is 0 Å². The topological polar surface area (TPSA) is 63.3 Å². The van der Waals surface area contributed by atoms with Gasteiger partial charge in [0.15, 0.2) is 0 Å². The quantitative estimate of drug-likeness (QED) is 0.824. The SMILES string of the molecule is CC(C1CCCCC1)C(C(=O)O)c1cc(F)ccc1N. The van der Waals surface area contributed by atoms with Crippen LogP contribution < -0.4 is 5.73 Å². The Kier molecular flexibility index (Phi) is 4.63. The maximum absolute atomic E-state index is 13.4. The van der Waals surface area contributed by atoms with Gasteiger partial charge in [-0.05, 0) is 35.6 Å². The van der Waals surface area contributed by atoms with E-state index in [0.717, 1.165) is 25.7 Å². The number of benzene rings is 1. The summed E-state index contributed by atoms with van der Waals surface area (Å²) in [6.45, 7) is 1.96. The molecule has 3 nitrogen and oxygen atoms in total. The van der Waals surface area contributed by atoms with Gasteiger partial charge in [-0.2, -0.15) is 0 Å². The molecule has 1 aliphatic rings. The maximum Gasteiger partial charge on any atom is 0.311 e. The summed E-state index contributed by atoms with van der Waals surface area (Å²) in [5.41, 5.74) is 6.64. The van der Waals surface area contributed by atoms with Crippen LogP contribution >= 0.6 is 0 Å². The number of hydrogen-bond acceptors (Lipinski definition) is 2. The number of nitrogen functional groups attached to an aromatic ring is 1. The molecule has 110 valence electrons. The first kappa shape index (κ1) is 14.8. The van der Waals surface area contributed by atoms with Crippen LogP contribution in [0.25, 0.3) is 0 Å². The lowest BCUT2D eigenvalue weighted by molar-refractivity contribution is -0.140. The maximum atomic E-state index is 13.4. The van der Waals surface area contributed by atoms with Crippen molar-refractivity contribution in [3.05, 3.63) is 29.6 Å². The van der Waals surface area contributed by atoms with Gasteiger partial charge < -0.3 is 10.8 Å². The smallest absolute Gasteiger partial charge is 0.311 e. The van der Waals surface area contributed by atoms with Gasteiger partial charge in [0.05, 0.1) is 5.92 Å². The minimum atomic E-state index is -0.916. The van der Waals surface area contributed by atoms with E-state index >= 15 is 0 Å². The molecule has 0 radical (unpaired) electrons. The van der Waals surface area contributed by atoms with Gasteiger partial charge in [-0.15, -0.1) is 0 Å². The molecule has 0 bridgehead atoms. The number of carbonyl (C=O) groups is 1. The van der Waals surface area contributed by atoms with Crippen molar-refractivity contribution in [1.29, 1.82) is 0 Å².